The van der Waals surface area contributed by atoms with Crippen molar-refractivity contribution >= 4 is 17.5 Å². The number of ether oxygens (including phenoxy) is 2. The molecule has 6 rings (SSSR count). The normalized spacial score (nSPS) is 18.5. The molecule has 1 amide bonds. The first-order valence-electron chi connectivity index (χ1n) is 15.3. The highest BCUT2D eigenvalue weighted by Crippen LogP contribution is 2.51. The van der Waals surface area contributed by atoms with Crippen molar-refractivity contribution < 1.29 is 18.8 Å². The van der Waals surface area contributed by atoms with Gasteiger partial charge in [-0.1, -0.05) is 17.3 Å². The van der Waals surface area contributed by atoms with E-state index in [-0.39, 0.29) is 23.2 Å². The summed E-state index contributed by atoms with van der Waals surface area (Å²) in [5, 5.41) is 4.19. The summed E-state index contributed by atoms with van der Waals surface area (Å²) in [4.78, 5) is 20.4. The molecule has 3 fully saturated rings. The molecule has 2 heterocycles. The van der Waals surface area contributed by atoms with E-state index in [4.69, 9.17) is 20.6 Å². The lowest BCUT2D eigenvalue weighted by atomic mass is 9.98. The number of benzene rings is 2. The highest BCUT2D eigenvalue weighted by atomic mass is 16.6. The van der Waals surface area contributed by atoms with Crippen LogP contribution in [0.1, 0.15) is 69.0 Å². The van der Waals surface area contributed by atoms with Gasteiger partial charge in [0.2, 0.25) is 0 Å². The quantitative estimate of drug-likeness (QED) is 0.241. The summed E-state index contributed by atoms with van der Waals surface area (Å²) in [5.74, 6) is 0.810. The monoisotopic (exact) mass is 582 g/mol. The molecule has 8 heteroatoms. The summed E-state index contributed by atoms with van der Waals surface area (Å²) in [7, 11) is 0. The molecule has 226 valence electrons. The summed E-state index contributed by atoms with van der Waals surface area (Å²) < 4.78 is 17.4. The summed E-state index contributed by atoms with van der Waals surface area (Å²) >= 11 is 0. The fraction of sp³-hybridized carbons (Fsp3) is 0.514. The van der Waals surface area contributed by atoms with Crippen LogP contribution in [0.2, 0.25) is 0 Å². The molecule has 0 N–H and O–H groups in total. The minimum Gasteiger partial charge on any atom is -0.444 e. The minimum absolute atomic E-state index is 0.0325. The van der Waals surface area contributed by atoms with E-state index < -0.39 is 5.60 Å². The fourth-order valence-corrected chi connectivity index (χ4v) is 5.98. The Hall–Kier alpha value is -3.83. The number of anilines is 2. The lowest BCUT2D eigenvalue weighted by Gasteiger charge is -2.40. The second-order valence-corrected chi connectivity index (χ2v) is 13.8. The zero-order chi connectivity index (χ0) is 30.6. The van der Waals surface area contributed by atoms with Gasteiger partial charge in [0.25, 0.3) is 5.54 Å². The van der Waals surface area contributed by atoms with Crippen molar-refractivity contribution in [2.75, 3.05) is 31.1 Å². The van der Waals surface area contributed by atoms with Crippen molar-refractivity contribution in [3.63, 3.8) is 0 Å². The van der Waals surface area contributed by atoms with Crippen LogP contribution in [0, 0.1) is 32.8 Å². The van der Waals surface area contributed by atoms with Crippen molar-refractivity contribution in [3.05, 3.63) is 76.5 Å². The number of carbonyl (C=O) groups excluding carboxylic acids is 1. The van der Waals surface area contributed by atoms with Gasteiger partial charge in [-0.25, -0.2) is 11.4 Å². The molecule has 0 radical (unpaired) electrons. The van der Waals surface area contributed by atoms with Gasteiger partial charge in [-0.05, 0) is 95.8 Å². The van der Waals surface area contributed by atoms with Gasteiger partial charge in [0.1, 0.15) is 11.4 Å². The first-order valence-corrected chi connectivity index (χ1v) is 15.3. The van der Waals surface area contributed by atoms with E-state index in [2.05, 4.69) is 64.3 Å². The first kappa shape index (κ1) is 29.3. The Morgan fingerprint density at radius 3 is 2.35 bits per heavy atom. The van der Waals surface area contributed by atoms with Gasteiger partial charge < -0.3 is 28.6 Å². The number of amides is 1. The van der Waals surface area contributed by atoms with Crippen LogP contribution in [-0.2, 0) is 15.0 Å². The van der Waals surface area contributed by atoms with Crippen LogP contribution in [-0.4, -0.2) is 54.1 Å². The number of likely N-dealkylation sites (tertiary alicyclic amines) is 1. The third kappa shape index (κ3) is 6.01. The van der Waals surface area contributed by atoms with E-state index in [0.29, 0.717) is 19.7 Å². The molecule has 8 nitrogen and oxygen atoms in total. The van der Waals surface area contributed by atoms with Crippen molar-refractivity contribution in [1.82, 2.24) is 10.1 Å². The lowest BCUT2D eigenvalue weighted by Crippen LogP contribution is -2.56. The highest BCUT2D eigenvalue weighted by molar-refractivity contribution is 5.76. The fourth-order valence-electron chi connectivity index (χ4n) is 5.98. The maximum Gasteiger partial charge on any atom is 0.410 e. The van der Waals surface area contributed by atoms with Crippen LogP contribution >= 0.6 is 0 Å². The SMILES string of the molecule is [C-]#[N+]C1(c2ccc(N(CC3(COC4CN(C(=O)OC(C)(C)C)C4)CC3)c3cc(-c4c(C)noc4C)ccc3C)cc2)CC1. The number of rotatable bonds is 9. The van der Waals surface area contributed by atoms with Gasteiger partial charge in [0, 0.05) is 47.3 Å². The molecule has 2 aromatic carbocycles. The molecule has 3 aromatic rings. The van der Waals surface area contributed by atoms with Gasteiger partial charge in [0.05, 0.1) is 31.5 Å². The molecule has 43 heavy (non-hydrogen) atoms. The van der Waals surface area contributed by atoms with E-state index in [0.717, 1.165) is 71.7 Å². The van der Waals surface area contributed by atoms with Crippen LogP contribution in [0.3, 0.4) is 0 Å². The topological polar surface area (TPSA) is 72.4 Å². The Morgan fingerprint density at radius 1 is 1.09 bits per heavy atom. The first-order chi connectivity index (χ1) is 20.4. The molecule has 3 aliphatic rings. The van der Waals surface area contributed by atoms with Gasteiger partial charge >= 0.3 is 6.09 Å². The molecule has 0 unspecified atom stereocenters. The molecular weight excluding hydrogens is 540 g/mol. The minimum atomic E-state index is -0.501. The number of aromatic nitrogens is 1. The number of hydrogen-bond donors (Lipinski definition) is 0. The van der Waals surface area contributed by atoms with Crippen LogP contribution in [0.15, 0.2) is 47.0 Å². The number of aryl methyl sites for hydroxylation is 3. The van der Waals surface area contributed by atoms with Crippen LogP contribution in [0.4, 0.5) is 16.2 Å². The van der Waals surface area contributed by atoms with E-state index in [1.165, 1.54) is 5.56 Å². The largest absolute Gasteiger partial charge is 0.444 e. The third-order valence-corrected chi connectivity index (χ3v) is 9.05. The van der Waals surface area contributed by atoms with Crippen molar-refractivity contribution in [2.45, 2.75) is 84.5 Å². The Morgan fingerprint density at radius 2 is 1.79 bits per heavy atom. The maximum absolute atomic E-state index is 12.4. The van der Waals surface area contributed by atoms with E-state index >= 15 is 0 Å². The Bertz CT molecular complexity index is 1530. The average molecular weight is 583 g/mol. The predicted molar refractivity (Wildman–Crippen MR) is 166 cm³/mol. The molecule has 2 saturated carbocycles. The molecule has 2 aliphatic carbocycles. The molecule has 0 spiro atoms. The number of nitrogens with zero attached hydrogens (tertiary/aromatic N) is 4. The highest BCUT2D eigenvalue weighted by Gasteiger charge is 2.52. The Labute approximate surface area is 254 Å². The van der Waals surface area contributed by atoms with Crippen molar-refractivity contribution in [1.29, 1.82) is 0 Å². The van der Waals surface area contributed by atoms with Gasteiger partial charge in [-0.15, -0.1) is 0 Å². The van der Waals surface area contributed by atoms with Crippen LogP contribution < -0.4 is 4.90 Å². The predicted octanol–water partition coefficient (Wildman–Crippen LogP) is 7.73. The zero-order valence-electron chi connectivity index (χ0n) is 26.2. The number of hydrogen-bond acceptors (Lipinski definition) is 6. The second-order valence-electron chi connectivity index (χ2n) is 13.8. The Balaban J connectivity index is 1.23. The second kappa shape index (κ2) is 10.7. The van der Waals surface area contributed by atoms with E-state index in [9.17, 15) is 4.79 Å². The van der Waals surface area contributed by atoms with Crippen LogP contribution in [0.5, 0.6) is 0 Å². The maximum atomic E-state index is 12.4. The summed E-state index contributed by atoms with van der Waals surface area (Å²) in [6.07, 6.45) is 3.81. The lowest BCUT2D eigenvalue weighted by molar-refractivity contribution is -0.0733. The van der Waals surface area contributed by atoms with Crippen molar-refractivity contribution in [2.24, 2.45) is 5.41 Å². The number of carbonyl (C=O) groups is 1. The molecule has 0 bridgehead atoms. The van der Waals surface area contributed by atoms with Gasteiger partial charge in [0.15, 0.2) is 0 Å². The van der Waals surface area contributed by atoms with E-state index in [1.54, 1.807) is 4.90 Å². The zero-order valence-corrected chi connectivity index (χ0v) is 26.2. The van der Waals surface area contributed by atoms with Gasteiger partial charge in [-0.2, -0.15) is 0 Å². The molecule has 1 aliphatic heterocycles. The van der Waals surface area contributed by atoms with Crippen molar-refractivity contribution in [3.8, 4) is 11.1 Å². The molecular formula is C35H42N4O4. The molecule has 0 atom stereocenters. The standard InChI is InChI=1S/C35H42N4O4/c1-23-8-9-26(31-24(2)37-43-25(31)3)18-30(23)39(28-12-10-27(11-13-28)35(36-7)16-17-35)21-34(14-15-34)22-41-29-19-38(20-29)32(40)42-33(4,5)6/h8-13,18,29H,14-17,19-22H2,1-6H3. The van der Waals surface area contributed by atoms with E-state index in [1.807, 2.05) is 34.6 Å². The molecule has 1 aromatic heterocycles. The summed E-state index contributed by atoms with van der Waals surface area (Å²) in [6, 6.07) is 15.2. The summed E-state index contributed by atoms with van der Waals surface area (Å²) in [5.41, 5.74) is 6.74. The average Bonchev–Trinajstić information content (AvgIpc) is 3.86. The third-order valence-electron chi connectivity index (χ3n) is 9.05. The van der Waals surface area contributed by atoms with Gasteiger partial charge in [-0.3, -0.25) is 0 Å². The summed E-state index contributed by atoms with van der Waals surface area (Å²) in [6.45, 7) is 22.0. The molecule has 1 saturated heterocycles. The smallest absolute Gasteiger partial charge is 0.410 e. The Kier molecular flexibility index (Phi) is 7.29. The van der Waals surface area contributed by atoms with Crippen LogP contribution in [0.25, 0.3) is 16.0 Å².